The maximum absolute atomic E-state index is 10.7. The predicted molar refractivity (Wildman–Crippen MR) is 90.3 cm³/mol. The highest BCUT2D eigenvalue weighted by molar-refractivity contribution is 7.99. The zero-order valence-corrected chi connectivity index (χ0v) is 14.0. The third-order valence-electron chi connectivity index (χ3n) is 4.75. The quantitative estimate of drug-likeness (QED) is 0.851. The molecular formula is C17H22N4OS. The largest absolute Gasteiger partial charge is 0.389 e. The Labute approximate surface area is 140 Å². The van der Waals surface area contributed by atoms with E-state index in [1.54, 1.807) is 18.0 Å². The molecule has 0 radical (unpaired) electrons. The maximum Gasteiger partial charge on any atom is 0.191 e. The van der Waals surface area contributed by atoms with Crippen LogP contribution < -0.4 is 0 Å². The maximum atomic E-state index is 10.7. The Bertz CT molecular complexity index is 662. The molecule has 6 heteroatoms. The van der Waals surface area contributed by atoms with Crippen LogP contribution in [0.25, 0.3) is 11.4 Å². The van der Waals surface area contributed by atoms with Crippen LogP contribution in [0.2, 0.25) is 0 Å². The summed E-state index contributed by atoms with van der Waals surface area (Å²) in [6.07, 6.45) is 11.3. The van der Waals surface area contributed by atoms with E-state index < -0.39 is 5.60 Å². The SMILES string of the molecule is OC1(CSc2nnc(-c3cccnc3)n2C2CC2)CCCCC1. The van der Waals surface area contributed by atoms with E-state index in [9.17, 15) is 5.11 Å². The van der Waals surface area contributed by atoms with E-state index in [1.165, 1.54) is 19.3 Å². The molecule has 2 fully saturated rings. The van der Waals surface area contributed by atoms with E-state index in [0.717, 1.165) is 42.2 Å². The van der Waals surface area contributed by atoms with Gasteiger partial charge in [0.05, 0.1) is 5.60 Å². The fourth-order valence-corrected chi connectivity index (χ4v) is 4.44. The first kappa shape index (κ1) is 15.1. The molecular weight excluding hydrogens is 308 g/mol. The molecule has 4 rings (SSSR count). The minimum Gasteiger partial charge on any atom is -0.389 e. The predicted octanol–water partition coefficient (Wildman–Crippen LogP) is 3.46. The molecule has 0 bridgehead atoms. The summed E-state index contributed by atoms with van der Waals surface area (Å²) in [4.78, 5) is 4.19. The summed E-state index contributed by atoms with van der Waals surface area (Å²) in [6.45, 7) is 0. The molecule has 23 heavy (non-hydrogen) atoms. The average molecular weight is 330 g/mol. The highest BCUT2D eigenvalue weighted by Crippen LogP contribution is 2.42. The van der Waals surface area contributed by atoms with Crippen molar-refractivity contribution in [1.82, 2.24) is 19.7 Å². The van der Waals surface area contributed by atoms with E-state index in [1.807, 2.05) is 18.3 Å². The van der Waals surface area contributed by atoms with E-state index in [4.69, 9.17) is 0 Å². The molecule has 0 atom stereocenters. The summed E-state index contributed by atoms with van der Waals surface area (Å²) in [5.41, 5.74) is 0.479. The number of aliphatic hydroxyl groups is 1. The lowest BCUT2D eigenvalue weighted by atomic mass is 9.86. The van der Waals surface area contributed by atoms with Gasteiger partial charge in [-0.15, -0.1) is 10.2 Å². The summed E-state index contributed by atoms with van der Waals surface area (Å²) in [7, 11) is 0. The number of nitrogens with zero attached hydrogens (tertiary/aromatic N) is 4. The molecule has 0 spiro atoms. The monoisotopic (exact) mass is 330 g/mol. The molecule has 0 saturated heterocycles. The molecule has 0 unspecified atom stereocenters. The van der Waals surface area contributed by atoms with Crippen molar-refractivity contribution in [3.63, 3.8) is 0 Å². The number of thioether (sulfide) groups is 1. The number of aromatic nitrogens is 4. The van der Waals surface area contributed by atoms with Crippen LogP contribution in [-0.4, -0.2) is 36.2 Å². The highest BCUT2D eigenvalue weighted by Gasteiger charge is 2.33. The Morgan fingerprint density at radius 3 is 2.74 bits per heavy atom. The van der Waals surface area contributed by atoms with Crippen LogP contribution in [0.3, 0.4) is 0 Å². The van der Waals surface area contributed by atoms with Gasteiger partial charge >= 0.3 is 0 Å². The zero-order chi connectivity index (χ0) is 15.7. The molecule has 2 aliphatic carbocycles. The lowest BCUT2D eigenvalue weighted by Gasteiger charge is -2.31. The summed E-state index contributed by atoms with van der Waals surface area (Å²) in [5.74, 6) is 1.61. The van der Waals surface area contributed by atoms with Gasteiger partial charge in [0.2, 0.25) is 0 Å². The summed E-state index contributed by atoms with van der Waals surface area (Å²) in [6, 6.07) is 4.46. The first-order valence-electron chi connectivity index (χ1n) is 8.46. The molecule has 0 amide bonds. The van der Waals surface area contributed by atoms with Gasteiger partial charge in [0.1, 0.15) is 0 Å². The minimum absolute atomic E-state index is 0.503. The molecule has 5 nitrogen and oxygen atoms in total. The standard InChI is InChI=1S/C17H22N4OS/c22-17(8-2-1-3-9-17)12-23-16-20-19-15(21(16)14-6-7-14)13-5-4-10-18-11-13/h4-5,10-11,14,22H,1-3,6-9,12H2. The van der Waals surface area contributed by atoms with Gasteiger partial charge < -0.3 is 5.11 Å². The van der Waals surface area contributed by atoms with Crippen molar-refractivity contribution in [2.24, 2.45) is 0 Å². The first-order valence-corrected chi connectivity index (χ1v) is 9.44. The Morgan fingerprint density at radius 1 is 1.22 bits per heavy atom. The molecule has 0 aromatic carbocycles. The Hall–Kier alpha value is -1.40. The molecule has 2 heterocycles. The molecule has 2 aromatic heterocycles. The highest BCUT2D eigenvalue weighted by atomic mass is 32.2. The van der Waals surface area contributed by atoms with Crippen LogP contribution in [0, 0.1) is 0 Å². The lowest BCUT2D eigenvalue weighted by Crippen LogP contribution is -2.34. The van der Waals surface area contributed by atoms with E-state index in [0.29, 0.717) is 11.8 Å². The minimum atomic E-state index is -0.530. The van der Waals surface area contributed by atoms with Crippen molar-refractivity contribution in [3.05, 3.63) is 24.5 Å². The Balaban J connectivity index is 1.56. The van der Waals surface area contributed by atoms with Crippen LogP contribution in [-0.2, 0) is 0 Å². The fraction of sp³-hybridized carbons (Fsp3) is 0.588. The Morgan fingerprint density at radius 2 is 2.04 bits per heavy atom. The number of hydrogen-bond donors (Lipinski definition) is 1. The molecule has 1 N–H and O–H groups in total. The van der Waals surface area contributed by atoms with Gasteiger partial charge in [-0.3, -0.25) is 9.55 Å². The number of hydrogen-bond acceptors (Lipinski definition) is 5. The summed E-state index contributed by atoms with van der Waals surface area (Å²) >= 11 is 1.66. The van der Waals surface area contributed by atoms with Crippen molar-refractivity contribution in [3.8, 4) is 11.4 Å². The van der Waals surface area contributed by atoms with Gasteiger partial charge in [-0.1, -0.05) is 31.0 Å². The van der Waals surface area contributed by atoms with Gasteiger partial charge in [-0.05, 0) is 37.8 Å². The third-order valence-corrected chi connectivity index (χ3v) is 5.97. The number of pyridine rings is 1. The molecule has 2 aromatic rings. The third kappa shape index (κ3) is 3.28. The van der Waals surface area contributed by atoms with Crippen LogP contribution in [0.15, 0.2) is 29.7 Å². The molecule has 2 aliphatic rings. The van der Waals surface area contributed by atoms with E-state index >= 15 is 0 Å². The van der Waals surface area contributed by atoms with Gasteiger partial charge in [-0.2, -0.15) is 0 Å². The van der Waals surface area contributed by atoms with Crippen molar-refractivity contribution < 1.29 is 5.11 Å². The number of rotatable bonds is 5. The van der Waals surface area contributed by atoms with Crippen LogP contribution in [0.5, 0.6) is 0 Å². The van der Waals surface area contributed by atoms with E-state index in [2.05, 4.69) is 19.7 Å². The lowest BCUT2D eigenvalue weighted by molar-refractivity contribution is 0.0272. The normalized spacial score (nSPS) is 20.6. The Kier molecular flexibility index (Phi) is 4.11. The second kappa shape index (κ2) is 6.24. The summed E-state index contributed by atoms with van der Waals surface area (Å²) < 4.78 is 2.24. The second-order valence-corrected chi connectivity index (χ2v) is 7.67. The van der Waals surface area contributed by atoms with Crippen LogP contribution in [0.1, 0.15) is 51.0 Å². The van der Waals surface area contributed by atoms with Crippen LogP contribution in [0.4, 0.5) is 0 Å². The smallest absolute Gasteiger partial charge is 0.191 e. The van der Waals surface area contributed by atoms with Gasteiger partial charge in [0.15, 0.2) is 11.0 Å². The van der Waals surface area contributed by atoms with Crippen molar-refractivity contribution >= 4 is 11.8 Å². The van der Waals surface area contributed by atoms with Crippen molar-refractivity contribution in [1.29, 1.82) is 0 Å². The molecule has 122 valence electrons. The molecule has 0 aliphatic heterocycles. The fourth-order valence-electron chi connectivity index (χ4n) is 3.28. The van der Waals surface area contributed by atoms with Gasteiger partial charge in [0, 0.05) is 29.8 Å². The first-order chi connectivity index (χ1) is 11.3. The van der Waals surface area contributed by atoms with Gasteiger partial charge in [0.25, 0.3) is 0 Å². The second-order valence-electron chi connectivity index (χ2n) is 6.72. The van der Waals surface area contributed by atoms with E-state index in [-0.39, 0.29) is 0 Å². The van der Waals surface area contributed by atoms with Crippen LogP contribution >= 0.6 is 11.8 Å². The summed E-state index contributed by atoms with van der Waals surface area (Å²) in [5, 5.41) is 20.5. The molecule has 2 saturated carbocycles. The van der Waals surface area contributed by atoms with Gasteiger partial charge in [-0.25, -0.2) is 0 Å². The zero-order valence-electron chi connectivity index (χ0n) is 13.2. The average Bonchev–Trinajstić information content (AvgIpc) is 3.34. The van der Waals surface area contributed by atoms with Crippen molar-refractivity contribution in [2.45, 2.75) is 61.7 Å². The topological polar surface area (TPSA) is 63.8 Å². The van der Waals surface area contributed by atoms with Crippen molar-refractivity contribution in [2.75, 3.05) is 5.75 Å².